The molecule has 0 fully saturated rings. The van der Waals surface area contributed by atoms with E-state index in [4.69, 9.17) is 9.47 Å². The molecule has 0 radical (unpaired) electrons. The highest BCUT2D eigenvalue weighted by Crippen LogP contribution is 2.15. The molecule has 0 aliphatic heterocycles. The first-order chi connectivity index (χ1) is 23.4. The standard InChI is InChI=1S/C42H74O6/c1-4-5-6-7-8-9-10-12-16-19-22-25-28-32-39(44)33-30-35-41(45)47-37-40(36-43)48-42(46)34-29-26-23-20-17-14-11-13-15-18-21-24-27-31-38(2)3/h8-9,12,16,22,25,28,32,38-40,43-44H,4-7,10-11,13-15,17-21,23-24,26-27,29-31,33-37H2,1-3H3/b9-8-,16-12-,25-22-,32-28+/t39-,40+/m1/s1. The van der Waals surface area contributed by atoms with E-state index in [1.807, 2.05) is 18.2 Å². The second-order valence-electron chi connectivity index (χ2n) is 13.7. The zero-order chi connectivity index (χ0) is 35.3. The summed E-state index contributed by atoms with van der Waals surface area (Å²) in [4.78, 5) is 24.3. The molecular formula is C42H74O6. The molecule has 2 atom stereocenters. The van der Waals surface area contributed by atoms with Crippen molar-refractivity contribution in [2.75, 3.05) is 13.2 Å². The van der Waals surface area contributed by atoms with Crippen LogP contribution in [0.25, 0.3) is 0 Å². The maximum atomic E-state index is 12.2. The predicted octanol–water partition coefficient (Wildman–Crippen LogP) is 11.1. The molecule has 0 aliphatic carbocycles. The van der Waals surface area contributed by atoms with Gasteiger partial charge in [0.05, 0.1) is 12.7 Å². The van der Waals surface area contributed by atoms with Gasteiger partial charge in [0.2, 0.25) is 0 Å². The molecule has 278 valence electrons. The van der Waals surface area contributed by atoms with Crippen molar-refractivity contribution in [1.29, 1.82) is 0 Å². The zero-order valence-electron chi connectivity index (χ0n) is 31.3. The molecule has 0 aromatic carbocycles. The topological polar surface area (TPSA) is 93.1 Å². The Hall–Kier alpha value is -2.18. The quantitative estimate of drug-likeness (QED) is 0.0305. The minimum Gasteiger partial charge on any atom is -0.462 e. The summed E-state index contributed by atoms with van der Waals surface area (Å²) >= 11 is 0. The van der Waals surface area contributed by atoms with Crippen LogP contribution in [-0.4, -0.2) is 47.6 Å². The van der Waals surface area contributed by atoms with Gasteiger partial charge >= 0.3 is 11.9 Å². The lowest BCUT2D eigenvalue weighted by molar-refractivity contribution is -0.161. The molecule has 2 N–H and O–H groups in total. The maximum absolute atomic E-state index is 12.2. The molecule has 0 saturated carbocycles. The van der Waals surface area contributed by atoms with Gasteiger partial charge in [-0.15, -0.1) is 0 Å². The number of allylic oxidation sites excluding steroid dienone is 7. The van der Waals surface area contributed by atoms with Crippen LogP contribution < -0.4 is 0 Å². The lowest BCUT2D eigenvalue weighted by Crippen LogP contribution is -2.28. The Labute approximate surface area is 295 Å². The van der Waals surface area contributed by atoms with Crippen molar-refractivity contribution >= 4 is 11.9 Å². The summed E-state index contributed by atoms with van der Waals surface area (Å²) < 4.78 is 10.5. The molecule has 0 aromatic heterocycles. The monoisotopic (exact) mass is 675 g/mol. The number of aliphatic hydroxyl groups excluding tert-OH is 2. The molecule has 0 rings (SSSR count). The van der Waals surface area contributed by atoms with E-state index in [0.717, 1.165) is 44.4 Å². The first kappa shape index (κ1) is 45.8. The molecule has 48 heavy (non-hydrogen) atoms. The Bertz CT molecular complexity index is 843. The molecule has 0 heterocycles. The number of carbonyl (C=O) groups is 2. The third kappa shape index (κ3) is 35.1. The molecule has 0 saturated heterocycles. The van der Waals surface area contributed by atoms with Gasteiger partial charge in [0.25, 0.3) is 0 Å². The number of unbranched alkanes of at least 4 members (excludes halogenated alkanes) is 15. The van der Waals surface area contributed by atoms with Crippen LogP contribution >= 0.6 is 0 Å². The molecule has 6 heteroatoms. The van der Waals surface area contributed by atoms with Crippen LogP contribution in [0.15, 0.2) is 48.6 Å². The van der Waals surface area contributed by atoms with Crippen LogP contribution in [0.5, 0.6) is 0 Å². The highest BCUT2D eigenvalue weighted by atomic mass is 16.6. The average Bonchev–Trinajstić information content (AvgIpc) is 3.06. The average molecular weight is 675 g/mol. The van der Waals surface area contributed by atoms with Crippen molar-refractivity contribution in [3.05, 3.63) is 48.6 Å². The molecule has 0 aromatic rings. The molecule has 0 spiro atoms. The largest absolute Gasteiger partial charge is 0.462 e. The minimum atomic E-state index is -0.844. The fraction of sp³-hybridized carbons (Fsp3) is 0.762. The number of carbonyl (C=O) groups excluding carboxylic acids is 2. The van der Waals surface area contributed by atoms with E-state index in [0.29, 0.717) is 19.3 Å². The van der Waals surface area contributed by atoms with Crippen molar-refractivity contribution in [3.63, 3.8) is 0 Å². The van der Waals surface area contributed by atoms with Gasteiger partial charge in [-0.1, -0.05) is 166 Å². The van der Waals surface area contributed by atoms with Gasteiger partial charge < -0.3 is 19.7 Å². The summed E-state index contributed by atoms with van der Waals surface area (Å²) in [5.74, 6) is 0.0437. The van der Waals surface area contributed by atoms with Crippen LogP contribution in [0.2, 0.25) is 0 Å². The summed E-state index contributed by atoms with van der Waals surface area (Å²) in [5, 5.41) is 19.7. The van der Waals surface area contributed by atoms with E-state index in [9.17, 15) is 19.8 Å². The van der Waals surface area contributed by atoms with Crippen molar-refractivity contribution in [2.24, 2.45) is 5.92 Å². The van der Waals surface area contributed by atoms with E-state index in [-0.39, 0.29) is 25.6 Å². The number of hydrogen-bond acceptors (Lipinski definition) is 6. The van der Waals surface area contributed by atoms with Gasteiger partial charge in [-0.25, -0.2) is 0 Å². The Morgan fingerprint density at radius 2 is 1.19 bits per heavy atom. The predicted molar refractivity (Wildman–Crippen MR) is 202 cm³/mol. The third-order valence-electron chi connectivity index (χ3n) is 8.41. The van der Waals surface area contributed by atoms with Crippen molar-refractivity contribution in [2.45, 2.75) is 187 Å². The SMILES string of the molecule is CCCCC/C=C\C/C=C\C/C=C\C=C\[C@@H](O)CCCC(=O)OC[C@H](CO)OC(=O)CCCCCCCCCCCCCCCC(C)C. The van der Waals surface area contributed by atoms with Gasteiger partial charge in [-0.2, -0.15) is 0 Å². The fourth-order valence-corrected chi connectivity index (χ4v) is 5.37. The summed E-state index contributed by atoms with van der Waals surface area (Å²) in [6.07, 6.45) is 40.6. The Morgan fingerprint density at radius 1 is 0.625 bits per heavy atom. The lowest BCUT2D eigenvalue weighted by Gasteiger charge is -2.16. The third-order valence-corrected chi connectivity index (χ3v) is 8.41. The van der Waals surface area contributed by atoms with Gasteiger partial charge in [0, 0.05) is 12.8 Å². The zero-order valence-corrected chi connectivity index (χ0v) is 31.3. The Balaban J connectivity index is 3.75. The van der Waals surface area contributed by atoms with E-state index in [1.54, 1.807) is 6.08 Å². The molecular weight excluding hydrogens is 600 g/mol. The normalized spacial score (nSPS) is 13.5. The van der Waals surface area contributed by atoms with Crippen LogP contribution in [0, 0.1) is 5.92 Å². The van der Waals surface area contributed by atoms with E-state index < -0.39 is 18.2 Å². The first-order valence-electron chi connectivity index (χ1n) is 19.7. The van der Waals surface area contributed by atoms with E-state index in [2.05, 4.69) is 45.1 Å². The van der Waals surface area contributed by atoms with Crippen molar-refractivity contribution < 1.29 is 29.3 Å². The van der Waals surface area contributed by atoms with Crippen LogP contribution in [-0.2, 0) is 19.1 Å². The van der Waals surface area contributed by atoms with Crippen molar-refractivity contribution in [1.82, 2.24) is 0 Å². The summed E-state index contributed by atoms with van der Waals surface area (Å²) in [6, 6.07) is 0. The number of aliphatic hydroxyl groups is 2. The molecule has 6 nitrogen and oxygen atoms in total. The van der Waals surface area contributed by atoms with E-state index in [1.165, 1.54) is 89.9 Å². The molecule has 0 aliphatic rings. The number of hydrogen-bond donors (Lipinski definition) is 2. The summed E-state index contributed by atoms with van der Waals surface area (Å²) in [5.41, 5.74) is 0. The highest BCUT2D eigenvalue weighted by molar-refractivity contribution is 5.70. The molecule has 0 amide bonds. The minimum absolute atomic E-state index is 0.156. The van der Waals surface area contributed by atoms with E-state index >= 15 is 0 Å². The second-order valence-corrected chi connectivity index (χ2v) is 13.7. The van der Waals surface area contributed by atoms with Gasteiger partial charge in [0.15, 0.2) is 6.10 Å². The van der Waals surface area contributed by atoms with Crippen LogP contribution in [0.3, 0.4) is 0 Å². The highest BCUT2D eigenvalue weighted by Gasteiger charge is 2.16. The van der Waals surface area contributed by atoms with Crippen LogP contribution in [0.1, 0.15) is 175 Å². The Morgan fingerprint density at radius 3 is 1.79 bits per heavy atom. The summed E-state index contributed by atoms with van der Waals surface area (Å²) in [7, 11) is 0. The van der Waals surface area contributed by atoms with Gasteiger partial charge in [0.1, 0.15) is 6.61 Å². The van der Waals surface area contributed by atoms with Gasteiger partial charge in [-0.3, -0.25) is 9.59 Å². The Kier molecular flexibility index (Phi) is 34.5. The summed E-state index contributed by atoms with van der Waals surface area (Å²) in [6.45, 7) is 6.28. The molecule has 0 unspecified atom stereocenters. The smallest absolute Gasteiger partial charge is 0.306 e. The molecule has 0 bridgehead atoms. The van der Waals surface area contributed by atoms with Crippen molar-refractivity contribution in [3.8, 4) is 0 Å². The fourth-order valence-electron chi connectivity index (χ4n) is 5.37. The second kappa shape index (κ2) is 36.1. The number of ether oxygens (including phenoxy) is 2. The lowest BCUT2D eigenvalue weighted by atomic mass is 10.0. The van der Waals surface area contributed by atoms with Crippen LogP contribution in [0.4, 0.5) is 0 Å². The number of rotatable bonds is 34. The maximum Gasteiger partial charge on any atom is 0.306 e. The first-order valence-corrected chi connectivity index (χ1v) is 19.7. The van der Waals surface area contributed by atoms with Gasteiger partial charge in [-0.05, 0) is 50.9 Å². The number of esters is 2.